The largest absolute Gasteiger partial charge is 0.309 e. The van der Waals surface area contributed by atoms with Crippen LogP contribution in [0, 0.1) is 0 Å². The molecule has 0 radical (unpaired) electrons. The maximum absolute atomic E-state index is 4.80. The smallest absolute Gasteiger partial charge is 0.0725 e. The molecule has 1 aromatic heterocycles. The molecule has 1 atom stereocenters. The summed E-state index contributed by atoms with van der Waals surface area (Å²) in [4.78, 5) is 4.80. The van der Waals surface area contributed by atoms with Gasteiger partial charge in [0.25, 0.3) is 0 Å². The quantitative estimate of drug-likeness (QED) is 0.814. The maximum Gasteiger partial charge on any atom is 0.0725 e. The molecule has 0 saturated heterocycles. The SMILES string of the molecule is C=C(C)CC(NCC)c1nc2ccccc2cc1Br. The van der Waals surface area contributed by atoms with Crippen LogP contribution in [-0.2, 0) is 0 Å². The van der Waals surface area contributed by atoms with E-state index in [9.17, 15) is 0 Å². The van der Waals surface area contributed by atoms with Gasteiger partial charge in [-0.05, 0) is 48.0 Å². The van der Waals surface area contributed by atoms with Crippen LogP contribution in [0.2, 0.25) is 0 Å². The first-order valence-corrected chi connectivity index (χ1v) is 7.34. The maximum atomic E-state index is 4.80. The highest BCUT2D eigenvalue weighted by Crippen LogP contribution is 2.29. The second kappa shape index (κ2) is 6.31. The van der Waals surface area contributed by atoms with Gasteiger partial charge in [0.2, 0.25) is 0 Å². The molecule has 0 aliphatic carbocycles. The third kappa shape index (κ3) is 3.43. The van der Waals surface area contributed by atoms with E-state index >= 15 is 0 Å². The molecular formula is C16H19BrN2. The van der Waals surface area contributed by atoms with Crippen molar-refractivity contribution in [3.63, 3.8) is 0 Å². The minimum absolute atomic E-state index is 0.210. The van der Waals surface area contributed by atoms with Gasteiger partial charge in [-0.2, -0.15) is 0 Å². The topological polar surface area (TPSA) is 24.9 Å². The predicted molar refractivity (Wildman–Crippen MR) is 85.3 cm³/mol. The summed E-state index contributed by atoms with van der Waals surface area (Å²) in [7, 11) is 0. The number of fused-ring (bicyclic) bond motifs is 1. The number of pyridine rings is 1. The summed E-state index contributed by atoms with van der Waals surface area (Å²) in [6.45, 7) is 9.09. The number of rotatable bonds is 5. The lowest BCUT2D eigenvalue weighted by atomic mass is 10.0. The highest BCUT2D eigenvalue weighted by Gasteiger charge is 2.16. The van der Waals surface area contributed by atoms with Crippen LogP contribution >= 0.6 is 15.9 Å². The van der Waals surface area contributed by atoms with Crippen LogP contribution in [0.1, 0.15) is 32.0 Å². The molecule has 2 rings (SSSR count). The van der Waals surface area contributed by atoms with E-state index in [0.717, 1.165) is 39.6 Å². The molecule has 0 bridgehead atoms. The van der Waals surface area contributed by atoms with Gasteiger partial charge < -0.3 is 5.32 Å². The summed E-state index contributed by atoms with van der Waals surface area (Å²) >= 11 is 3.65. The summed E-state index contributed by atoms with van der Waals surface area (Å²) in [5, 5.41) is 4.64. The van der Waals surface area contributed by atoms with E-state index in [1.165, 1.54) is 0 Å². The molecule has 1 heterocycles. The number of halogens is 1. The van der Waals surface area contributed by atoms with Crippen LogP contribution < -0.4 is 5.32 Å². The van der Waals surface area contributed by atoms with E-state index in [1.54, 1.807) is 0 Å². The van der Waals surface area contributed by atoms with Gasteiger partial charge in [-0.3, -0.25) is 0 Å². The summed E-state index contributed by atoms with van der Waals surface area (Å²) in [6.07, 6.45) is 0.901. The van der Waals surface area contributed by atoms with Gasteiger partial charge in [0.05, 0.1) is 17.3 Å². The highest BCUT2D eigenvalue weighted by molar-refractivity contribution is 9.10. The second-order valence-corrected chi connectivity index (χ2v) is 5.67. The average molecular weight is 319 g/mol. The first-order valence-electron chi connectivity index (χ1n) is 6.54. The van der Waals surface area contributed by atoms with Crippen LogP contribution in [0.3, 0.4) is 0 Å². The van der Waals surface area contributed by atoms with Crippen LogP contribution in [0.4, 0.5) is 0 Å². The Morgan fingerprint density at radius 3 is 2.84 bits per heavy atom. The first-order chi connectivity index (χ1) is 9.11. The van der Waals surface area contributed by atoms with Crippen molar-refractivity contribution in [2.24, 2.45) is 0 Å². The van der Waals surface area contributed by atoms with Gasteiger partial charge in [0, 0.05) is 9.86 Å². The van der Waals surface area contributed by atoms with E-state index in [4.69, 9.17) is 4.98 Å². The normalized spacial score (nSPS) is 12.6. The fourth-order valence-electron chi connectivity index (χ4n) is 2.21. The molecule has 1 unspecified atom stereocenters. The average Bonchev–Trinajstić information content (AvgIpc) is 2.37. The monoisotopic (exact) mass is 318 g/mol. The van der Waals surface area contributed by atoms with E-state index in [0.29, 0.717) is 0 Å². The molecule has 0 fully saturated rings. The Balaban J connectivity index is 2.45. The first kappa shape index (κ1) is 14.2. The number of hydrogen-bond acceptors (Lipinski definition) is 2. The number of hydrogen-bond donors (Lipinski definition) is 1. The molecule has 1 aromatic carbocycles. The van der Waals surface area contributed by atoms with Crippen LogP contribution in [0.25, 0.3) is 10.9 Å². The lowest BCUT2D eigenvalue weighted by Gasteiger charge is -2.19. The van der Waals surface area contributed by atoms with Crippen molar-refractivity contribution in [2.75, 3.05) is 6.54 Å². The molecule has 3 heteroatoms. The molecular weight excluding hydrogens is 300 g/mol. The summed E-state index contributed by atoms with van der Waals surface area (Å²) in [6, 6.07) is 10.5. The number of para-hydroxylation sites is 1. The van der Waals surface area contributed by atoms with Gasteiger partial charge in [-0.1, -0.05) is 30.7 Å². The van der Waals surface area contributed by atoms with Gasteiger partial charge in [0.15, 0.2) is 0 Å². The van der Waals surface area contributed by atoms with Gasteiger partial charge in [0.1, 0.15) is 0 Å². The van der Waals surface area contributed by atoms with Crippen molar-refractivity contribution >= 4 is 26.8 Å². The fourth-order valence-corrected chi connectivity index (χ4v) is 2.82. The number of nitrogens with zero attached hydrogens (tertiary/aromatic N) is 1. The Hall–Kier alpha value is -1.19. The predicted octanol–water partition coefficient (Wildman–Crippen LogP) is 4.61. The van der Waals surface area contributed by atoms with Gasteiger partial charge in [-0.15, -0.1) is 6.58 Å². The lowest BCUT2D eigenvalue weighted by Crippen LogP contribution is -2.22. The molecule has 2 nitrogen and oxygen atoms in total. The number of aromatic nitrogens is 1. The molecule has 19 heavy (non-hydrogen) atoms. The van der Waals surface area contributed by atoms with Crippen LogP contribution in [0.5, 0.6) is 0 Å². The third-order valence-corrected chi connectivity index (χ3v) is 3.67. The third-order valence-electron chi connectivity index (χ3n) is 3.04. The zero-order valence-electron chi connectivity index (χ0n) is 11.4. The van der Waals surface area contributed by atoms with E-state index in [-0.39, 0.29) is 6.04 Å². The van der Waals surface area contributed by atoms with Crippen molar-refractivity contribution in [3.05, 3.63) is 52.7 Å². The molecule has 0 amide bonds. The van der Waals surface area contributed by atoms with Crippen molar-refractivity contribution in [3.8, 4) is 0 Å². The van der Waals surface area contributed by atoms with E-state index < -0.39 is 0 Å². The molecule has 0 aliphatic rings. The molecule has 2 aromatic rings. The fraction of sp³-hybridized carbons (Fsp3) is 0.312. The Labute approximate surface area is 123 Å². The highest BCUT2D eigenvalue weighted by atomic mass is 79.9. The summed E-state index contributed by atoms with van der Waals surface area (Å²) < 4.78 is 1.05. The summed E-state index contributed by atoms with van der Waals surface area (Å²) in [5.41, 5.74) is 3.25. The van der Waals surface area contributed by atoms with Crippen LogP contribution in [0.15, 0.2) is 47.0 Å². The second-order valence-electron chi connectivity index (χ2n) is 4.82. The zero-order valence-corrected chi connectivity index (χ0v) is 13.0. The molecule has 0 saturated carbocycles. The molecule has 0 aliphatic heterocycles. The number of benzene rings is 1. The minimum Gasteiger partial charge on any atom is -0.309 e. The van der Waals surface area contributed by atoms with Gasteiger partial charge >= 0.3 is 0 Å². The Bertz CT molecular complexity index is 592. The molecule has 1 N–H and O–H groups in total. The minimum atomic E-state index is 0.210. The van der Waals surface area contributed by atoms with Gasteiger partial charge in [-0.25, -0.2) is 4.98 Å². The number of nitrogens with one attached hydrogen (secondary N) is 1. The summed E-state index contributed by atoms with van der Waals surface area (Å²) in [5.74, 6) is 0. The Kier molecular flexibility index (Phi) is 4.72. The Morgan fingerprint density at radius 2 is 2.16 bits per heavy atom. The van der Waals surface area contributed by atoms with Crippen molar-refractivity contribution < 1.29 is 0 Å². The van der Waals surface area contributed by atoms with Crippen molar-refractivity contribution in [1.29, 1.82) is 0 Å². The van der Waals surface area contributed by atoms with E-state index in [1.807, 2.05) is 12.1 Å². The Morgan fingerprint density at radius 1 is 1.42 bits per heavy atom. The zero-order chi connectivity index (χ0) is 13.8. The molecule has 100 valence electrons. The van der Waals surface area contributed by atoms with Crippen molar-refractivity contribution in [1.82, 2.24) is 10.3 Å². The van der Waals surface area contributed by atoms with Crippen LogP contribution in [-0.4, -0.2) is 11.5 Å². The van der Waals surface area contributed by atoms with E-state index in [2.05, 4.69) is 59.9 Å². The standard InChI is InChI=1S/C16H19BrN2/c1-4-18-15(9-11(2)3)16-13(17)10-12-7-5-6-8-14(12)19-16/h5-8,10,15,18H,2,4,9H2,1,3H3. The molecule has 0 spiro atoms. The van der Waals surface area contributed by atoms with Crippen molar-refractivity contribution in [2.45, 2.75) is 26.3 Å². The lowest BCUT2D eigenvalue weighted by molar-refractivity contribution is 0.535.